The lowest BCUT2D eigenvalue weighted by Crippen LogP contribution is -2.29. The van der Waals surface area contributed by atoms with Crippen molar-refractivity contribution >= 4 is 0 Å². The van der Waals surface area contributed by atoms with Crippen LogP contribution >= 0.6 is 0 Å². The Kier molecular flexibility index (Phi) is 5.16. The molecule has 2 aromatic heterocycles. The van der Waals surface area contributed by atoms with Gasteiger partial charge in [0.1, 0.15) is 5.67 Å². The van der Waals surface area contributed by atoms with Gasteiger partial charge >= 0.3 is 0 Å². The van der Waals surface area contributed by atoms with Crippen molar-refractivity contribution < 1.29 is 13.7 Å². The van der Waals surface area contributed by atoms with Crippen molar-refractivity contribution in [2.75, 3.05) is 13.2 Å². The SMILES string of the molecule is Cc1cc(-c2nc(-c3ccc(C4(F)CCOCC4)cc3)no2)cn1Cc1c[c]ccc1. The zero-order valence-corrected chi connectivity index (χ0v) is 17.3. The molecule has 0 spiro atoms. The predicted octanol–water partition coefficient (Wildman–Crippen LogP) is 5.34. The van der Waals surface area contributed by atoms with Gasteiger partial charge in [-0.1, -0.05) is 47.6 Å². The number of alkyl halides is 1. The first kappa shape index (κ1) is 19.7. The molecular formula is C25H23FN3O2. The molecule has 2 aromatic carbocycles. The number of aromatic nitrogens is 3. The quantitative estimate of drug-likeness (QED) is 0.441. The van der Waals surface area contributed by atoms with Crippen LogP contribution in [0.3, 0.4) is 0 Å². The average molecular weight is 416 g/mol. The van der Waals surface area contributed by atoms with Crippen LogP contribution in [-0.2, 0) is 17.0 Å². The molecule has 1 aliphatic heterocycles. The van der Waals surface area contributed by atoms with Crippen LogP contribution < -0.4 is 0 Å². The summed E-state index contributed by atoms with van der Waals surface area (Å²) in [5, 5.41) is 4.13. The highest BCUT2D eigenvalue weighted by Crippen LogP contribution is 2.37. The van der Waals surface area contributed by atoms with E-state index >= 15 is 4.39 Å². The molecule has 1 aliphatic rings. The van der Waals surface area contributed by atoms with Gasteiger partial charge in [-0.2, -0.15) is 4.98 Å². The van der Waals surface area contributed by atoms with Crippen molar-refractivity contribution in [3.63, 3.8) is 0 Å². The first-order valence-corrected chi connectivity index (χ1v) is 10.4. The van der Waals surface area contributed by atoms with Gasteiger partial charge < -0.3 is 13.8 Å². The molecule has 0 unspecified atom stereocenters. The second-order valence-corrected chi connectivity index (χ2v) is 7.99. The maximum atomic E-state index is 15.1. The molecular weight excluding hydrogens is 393 g/mol. The number of rotatable bonds is 5. The predicted molar refractivity (Wildman–Crippen MR) is 115 cm³/mol. The monoisotopic (exact) mass is 416 g/mol. The van der Waals surface area contributed by atoms with E-state index in [0.29, 0.717) is 43.3 Å². The molecule has 0 amide bonds. The highest BCUT2D eigenvalue weighted by molar-refractivity contribution is 5.60. The van der Waals surface area contributed by atoms with Crippen LogP contribution in [0.25, 0.3) is 22.8 Å². The fraction of sp³-hybridized carbons (Fsp3) is 0.280. The van der Waals surface area contributed by atoms with Crippen molar-refractivity contribution in [2.24, 2.45) is 0 Å². The van der Waals surface area contributed by atoms with Crippen LogP contribution in [0, 0.1) is 13.0 Å². The first-order chi connectivity index (χ1) is 15.1. The summed E-state index contributed by atoms with van der Waals surface area (Å²) in [7, 11) is 0. The molecule has 0 aliphatic carbocycles. The first-order valence-electron chi connectivity index (χ1n) is 10.4. The second-order valence-electron chi connectivity index (χ2n) is 7.99. The van der Waals surface area contributed by atoms with E-state index in [2.05, 4.69) is 33.8 Å². The Morgan fingerprint density at radius 1 is 1.13 bits per heavy atom. The third-order valence-electron chi connectivity index (χ3n) is 5.86. The summed E-state index contributed by atoms with van der Waals surface area (Å²) in [6.07, 6.45) is 2.78. The Labute approximate surface area is 180 Å². The second kappa shape index (κ2) is 8.12. The molecule has 157 valence electrons. The van der Waals surface area contributed by atoms with Gasteiger partial charge in [-0.05, 0) is 36.2 Å². The number of hydrogen-bond donors (Lipinski definition) is 0. The van der Waals surface area contributed by atoms with Gasteiger partial charge in [-0.25, -0.2) is 4.39 Å². The topological polar surface area (TPSA) is 53.1 Å². The summed E-state index contributed by atoms with van der Waals surface area (Å²) in [5.41, 5.74) is 3.30. The Morgan fingerprint density at radius 3 is 2.68 bits per heavy atom. The fourth-order valence-electron chi connectivity index (χ4n) is 3.99. The van der Waals surface area contributed by atoms with Gasteiger partial charge in [0.15, 0.2) is 0 Å². The molecule has 0 bridgehead atoms. The molecule has 1 radical (unpaired) electrons. The molecule has 31 heavy (non-hydrogen) atoms. The van der Waals surface area contributed by atoms with Crippen molar-refractivity contribution in [3.05, 3.63) is 83.7 Å². The lowest BCUT2D eigenvalue weighted by Gasteiger charge is -2.29. The van der Waals surface area contributed by atoms with E-state index in [1.54, 1.807) is 0 Å². The lowest BCUT2D eigenvalue weighted by atomic mass is 9.88. The molecule has 4 aromatic rings. The van der Waals surface area contributed by atoms with Crippen LogP contribution in [0.15, 0.2) is 65.3 Å². The summed E-state index contributed by atoms with van der Waals surface area (Å²) in [6, 6.07) is 20.4. The summed E-state index contributed by atoms with van der Waals surface area (Å²) in [6.45, 7) is 3.71. The summed E-state index contributed by atoms with van der Waals surface area (Å²) in [5.74, 6) is 0.955. The Bertz CT molecular complexity index is 1160. The van der Waals surface area contributed by atoms with Crippen LogP contribution in [0.4, 0.5) is 4.39 Å². The summed E-state index contributed by atoms with van der Waals surface area (Å²) in [4.78, 5) is 4.56. The number of nitrogens with zero attached hydrogens (tertiary/aromatic N) is 3. The standard InChI is InChI=1S/C25H23FN3O2/c1-18-15-21(17-29(18)16-19-5-3-2-4-6-19)24-27-23(28-31-24)20-7-9-22(10-8-20)25(26)11-13-30-14-12-25/h2-3,5-10,15,17H,11-14,16H2,1H3. The largest absolute Gasteiger partial charge is 0.381 e. The number of halogens is 1. The van der Waals surface area contributed by atoms with Gasteiger partial charge in [-0.15, -0.1) is 0 Å². The highest BCUT2D eigenvalue weighted by atomic mass is 19.1. The van der Waals surface area contributed by atoms with Gasteiger partial charge in [0, 0.05) is 50.1 Å². The maximum absolute atomic E-state index is 15.1. The Hall–Kier alpha value is -3.25. The third kappa shape index (κ3) is 4.03. The van der Waals surface area contributed by atoms with E-state index in [-0.39, 0.29) is 0 Å². The van der Waals surface area contributed by atoms with E-state index in [9.17, 15) is 0 Å². The zero-order chi connectivity index (χ0) is 21.3. The van der Waals surface area contributed by atoms with Crippen molar-refractivity contribution in [2.45, 2.75) is 32.0 Å². The molecule has 3 heterocycles. The third-order valence-corrected chi connectivity index (χ3v) is 5.86. The van der Waals surface area contributed by atoms with E-state index in [4.69, 9.17) is 9.26 Å². The van der Waals surface area contributed by atoms with Gasteiger partial charge in [-0.3, -0.25) is 0 Å². The number of benzene rings is 2. The minimum Gasteiger partial charge on any atom is -0.381 e. The summed E-state index contributed by atoms with van der Waals surface area (Å²) < 4.78 is 28.1. The average Bonchev–Trinajstić information content (AvgIpc) is 3.43. The van der Waals surface area contributed by atoms with E-state index in [1.165, 1.54) is 5.56 Å². The Morgan fingerprint density at radius 2 is 1.94 bits per heavy atom. The summed E-state index contributed by atoms with van der Waals surface area (Å²) >= 11 is 0. The lowest BCUT2D eigenvalue weighted by molar-refractivity contribution is -0.0114. The number of ether oxygens (including phenoxy) is 1. The van der Waals surface area contributed by atoms with Gasteiger partial charge in [0.05, 0.1) is 5.56 Å². The molecule has 0 N–H and O–H groups in total. The normalized spacial score (nSPS) is 15.8. The van der Waals surface area contributed by atoms with Crippen molar-refractivity contribution in [3.8, 4) is 22.8 Å². The molecule has 0 atom stereocenters. The van der Waals surface area contributed by atoms with Gasteiger partial charge in [0.2, 0.25) is 5.82 Å². The van der Waals surface area contributed by atoms with Crippen LogP contribution in [0.5, 0.6) is 0 Å². The Balaban J connectivity index is 1.35. The van der Waals surface area contributed by atoms with Crippen LogP contribution in [0.2, 0.25) is 0 Å². The molecule has 1 fully saturated rings. The molecule has 1 saturated heterocycles. The minimum absolute atomic E-state index is 0.385. The fourth-order valence-corrected chi connectivity index (χ4v) is 3.99. The van der Waals surface area contributed by atoms with E-state index in [0.717, 1.165) is 23.4 Å². The van der Waals surface area contributed by atoms with Gasteiger partial charge in [0.25, 0.3) is 5.89 Å². The minimum atomic E-state index is -1.32. The molecule has 5 rings (SSSR count). The van der Waals surface area contributed by atoms with E-state index in [1.807, 2.05) is 54.7 Å². The van der Waals surface area contributed by atoms with E-state index < -0.39 is 5.67 Å². The number of hydrogen-bond acceptors (Lipinski definition) is 4. The number of aryl methyl sites for hydroxylation is 1. The maximum Gasteiger partial charge on any atom is 0.259 e. The van der Waals surface area contributed by atoms with Crippen molar-refractivity contribution in [1.82, 2.24) is 14.7 Å². The van der Waals surface area contributed by atoms with Crippen LogP contribution in [-0.4, -0.2) is 27.9 Å². The highest BCUT2D eigenvalue weighted by Gasteiger charge is 2.34. The zero-order valence-electron chi connectivity index (χ0n) is 17.3. The molecule has 5 nitrogen and oxygen atoms in total. The van der Waals surface area contributed by atoms with Crippen molar-refractivity contribution in [1.29, 1.82) is 0 Å². The molecule has 6 heteroatoms. The smallest absolute Gasteiger partial charge is 0.259 e. The molecule has 0 saturated carbocycles. The van der Waals surface area contributed by atoms with Crippen LogP contribution in [0.1, 0.15) is 29.7 Å².